The van der Waals surface area contributed by atoms with Gasteiger partial charge < -0.3 is 0 Å². The highest BCUT2D eigenvalue weighted by atomic mass is 13.6. The second-order valence-corrected chi connectivity index (χ2v) is 1.68. The third kappa shape index (κ3) is 311. The fourth-order valence-electron chi connectivity index (χ4n) is 0.236. The topological polar surface area (TPSA) is 0 Å². The minimum Gasteiger partial charge on any atom is -0.106 e. The summed E-state index contributed by atoms with van der Waals surface area (Å²) in [6.45, 7) is 18.4. The molecule has 0 bridgehead atoms. The van der Waals surface area contributed by atoms with Gasteiger partial charge in [-0.1, -0.05) is 53.2 Å². The van der Waals surface area contributed by atoms with Crippen molar-refractivity contribution in [2.24, 2.45) is 0 Å². The zero-order valence-corrected chi connectivity index (χ0v) is 9.98. The highest BCUT2D eigenvalue weighted by Crippen LogP contribution is 1.73. The molecule has 0 heteroatoms. The summed E-state index contributed by atoms with van der Waals surface area (Å²) in [4.78, 5) is 0. The molecule has 0 aliphatic carbocycles. The standard InChI is InChI=1S/C5H10.C3H8.C2H6.C2H4/c1-3-5-4-2;1-3-2;2*1-2/h3,5H,4H2,1-2H3;3H2,1-2H3;1-2H3;1-2H2/b5-3-;;;. The van der Waals surface area contributed by atoms with E-state index in [1.165, 1.54) is 6.42 Å². The zero-order chi connectivity index (χ0) is 10.8. The maximum absolute atomic E-state index is 3.00. The Morgan fingerprint density at radius 2 is 1.25 bits per heavy atom. The quantitative estimate of drug-likeness (QED) is 0.476. The Hall–Kier alpha value is -0.520. The fraction of sp³-hybridized carbons (Fsp3) is 0.667. The summed E-state index contributed by atoms with van der Waals surface area (Å²) in [5.74, 6) is 0. The van der Waals surface area contributed by atoms with Crippen molar-refractivity contribution < 1.29 is 0 Å². The van der Waals surface area contributed by atoms with Crippen molar-refractivity contribution in [1.82, 2.24) is 0 Å². The van der Waals surface area contributed by atoms with Crippen LogP contribution in [-0.4, -0.2) is 0 Å². The SMILES string of the molecule is C/C=C\CC.C=C.CC.CCC. The Morgan fingerprint density at radius 3 is 1.25 bits per heavy atom. The molecule has 0 aliphatic rings. The molecule has 0 atom stereocenters. The van der Waals surface area contributed by atoms with Crippen LogP contribution in [0.4, 0.5) is 0 Å². The summed E-state index contributed by atoms with van der Waals surface area (Å²) in [7, 11) is 0. The highest BCUT2D eigenvalue weighted by Gasteiger charge is 1.52. The molecule has 0 heterocycles. The normalized spacial score (nSPS) is 6.50. The number of rotatable bonds is 1. The second kappa shape index (κ2) is 77.8. The molecule has 0 nitrogen and oxygen atoms in total. The molecular weight excluding hydrogens is 144 g/mol. The van der Waals surface area contributed by atoms with Crippen molar-refractivity contribution >= 4 is 0 Å². The Morgan fingerprint density at radius 1 is 1.00 bits per heavy atom. The lowest BCUT2D eigenvalue weighted by atomic mass is 10.4. The van der Waals surface area contributed by atoms with Gasteiger partial charge in [0.1, 0.15) is 0 Å². The molecule has 0 saturated carbocycles. The lowest BCUT2D eigenvalue weighted by Gasteiger charge is -1.65. The average molecular weight is 172 g/mol. The fourth-order valence-corrected chi connectivity index (χ4v) is 0.236. The summed E-state index contributed by atoms with van der Waals surface area (Å²) in [6.07, 6.45) is 6.59. The van der Waals surface area contributed by atoms with Crippen LogP contribution >= 0.6 is 0 Å². The summed E-state index contributed by atoms with van der Waals surface area (Å²) in [5.41, 5.74) is 0. The molecule has 0 amide bonds. The monoisotopic (exact) mass is 172 g/mol. The van der Waals surface area contributed by atoms with Crippen LogP contribution < -0.4 is 0 Å². The highest BCUT2D eigenvalue weighted by molar-refractivity contribution is 4.73. The molecule has 76 valence electrons. The van der Waals surface area contributed by atoms with Crippen LogP contribution in [0.2, 0.25) is 0 Å². The van der Waals surface area contributed by atoms with Gasteiger partial charge in [-0.15, -0.1) is 13.2 Å². The van der Waals surface area contributed by atoms with Gasteiger partial charge in [0.05, 0.1) is 0 Å². The van der Waals surface area contributed by atoms with Crippen LogP contribution in [-0.2, 0) is 0 Å². The van der Waals surface area contributed by atoms with E-state index >= 15 is 0 Å². The van der Waals surface area contributed by atoms with E-state index in [1.807, 2.05) is 20.8 Å². The first-order valence-corrected chi connectivity index (χ1v) is 4.94. The summed E-state index contributed by atoms with van der Waals surface area (Å²) in [5, 5.41) is 0. The van der Waals surface area contributed by atoms with Crippen molar-refractivity contribution in [2.75, 3.05) is 0 Å². The molecule has 0 aromatic rings. The van der Waals surface area contributed by atoms with Crippen LogP contribution in [0.15, 0.2) is 25.3 Å². The summed E-state index contributed by atoms with van der Waals surface area (Å²) >= 11 is 0. The molecule has 0 unspecified atom stereocenters. The molecule has 0 fully saturated rings. The minimum absolute atomic E-state index is 1.16. The largest absolute Gasteiger partial charge is 0.106 e. The Balaban J connectivity index is -0.0000000397. The zero-order valence-electron chi connectivity index (χ0n) is 9.98. The molecule has 0 saturated heterocycles. The van der Waals surface area contributed by atoms with Crippen LogP contribution in [0.1, 0.15) is 54.4 Å². The van der Waals surface area contributed by atoms with Gasteiger partial charge in [0.2, 0.25) is 0 Å². The second-order valence-electron chi connectivity index (χ2n) is 1.68. The molecule has 0 rings (SSSR count). The van der Waals surface area contributed by atoms with E-state index < -0.39 is 0 Å². The number of hydrogen-bond acceptors (Lipinski definition) is 0. The first-order chi connectivity index (χ1) is 5.83. The first kappa shape index (κ1) is 22.5. The lowest BCUT2D eigenvalue weighted by Crippen LogP contribution is -1.43. The van der Waals surface area contributed by atoms with Crippen LogP contribution in [0.3, 0.4) is 0 Å². The molecule has 0 spiro atoms. The van der Waals surface area contributed by atoms with Gasteiger partial charge in [0.25, 0.3) is 0 Å². The molecule has 0 N–H and O–H groups in total. The third-order valence-electron chi connectivity index (χ3n) is 0.471. The maximum Gasteiger partial charge on any atom is -0.0379 e. The molecule has 0 aliphatic heterocycles. The smallest absolute Gasteiger partial charge is 0.0379 e. The Bertz CT molecular complexity index is 44.0. The molecular formula is C12H28. The van der Waals surface area contributed by atoms with Gasteiger partial charge >= 0.3 is 0 Å². The van der Waals surface area contributed by atoms with Crippen LogP contribution in [0.5, 0.6) is 0 Å². The molecule has 0 aromatic heterocycles. The van der Waals surface area contributed by atoms with E-state index in [-0.39, 0.29) is 0 Å². The van der Waals surface area contributed by atoms with Gasteiger partial charge in [-0.05, 0) is 13.3 Å². The van der Waals surface area contributed by atoms with E-state index in [0.717, 1.165) is 6.42 Å². The molecule has 0 aromatic carbocycles. The lowest BCUT2D eigenvalue weighted by molar-refractivity contribution is 1.09. The molecule has 12 heavy (non-hydrogen) atoms. The van der Waals surface area contributed by atoms with E-state index in [9.17, 15) is 0 Å². The predicted octanol–water partition coefficient (Wildman–Crippen LogP) is 5.22. The number of hydrogen-bond donors (Lipinski definition) is 0. The van der Waals surface area contributed by atoms with E-state index in [4.69, 9.17) is 0 Å². The summed E-state index contributed by atoms with van der Waals surface area (Å²) in [6, 6.07) is 0. The van der Waals surface area contributed by atoms with Crippen LogP contribution in [0, 0.1) is 0 Å². The van der Waals surface area contributed by atoms with E-state index in [1.54, 1.807) is 0 Å². The van der Waals surface area contributed by atoms with Crippen molar-refractivity contribution in [3.8, 4) is 0 Å². The van der Waals surface area contributed by atoms with Crippen molar-refractivity contribution in [1.29, 1.82) is 0 Å². The molecule has 0 radical (unpaired) electrons. The van der Waals surface area contributed by atoms with Gasteiger partial charge in [0.15, 0.2) is 0 Å². The Labute approximate surface area is 80.4 Å². The van der Waals surface area contributed by atoms with Gasteiger partial charge in [-0.2, -0.15) is 0 Å². The van der Waals surface area contributed by atoms with Gasteiger partial charge in [-0.3, -0.25) is 0 Å². The van der Waals surface area contributed by atoms with Crippen LogP contribution in [0.25, 0.3) is 0 Å². The minimum atomic E-state index is 1.16. The average Bonchev–Trinajstić information content (AvgIpc) is 2.14. The van der Waals surface area contributed by atoms with Crippen molar-refractivity contribution in [2.45, 2.75) is 54.4 Å². The van der Waals surface area contributed by atoms with Gasteiger partial charge in [-0.25, -0.2) is 0 Å². The third-order valence-corrected chi connectivity index (χ3v) is 0.471. The van der Waals surface area contributed by atoms with Crippen molar-refractivity contribution in [3.63, 3.8) is 0 Å². The van der Waals surface area contributed by atoms with E-state index in [2.05, 4.69) is 46.1 Å². The first-order valence-electron chi connectivity index (χ1n) is 4.94. The Kier molecular flexibility index (Phi) is 146. The predicted molar refractivity (Wildman–Crippen MR) is 63.7 cm³/mol. The van der Waals surface area contributed by atoms with Crippen molar-refractivity contribution in [3.05, 3.63) is 25.3 Å². The number of allylic oxidation sites excluding steroid dienone is 2. The summed E-state index contributed by atoms with van der Waals surface area (Å²) < 4.78 is 0. The van der Waals surface area contributed by atoms with Gasteiger partial charge in [0, 0.05) is 0 Å². The maximum atomic E-state index is 3.00. The van der Waals surface area contributed by atoms with E-state index in [0.29, 0.717) is 0 Å².